The summed E-state index contributed by atoms with van der Waals surface area (Å²) >= 11 is 0. The van der Waals surface area contributed by atoms with Crippen molar-refractivity contribution in [2.75, 3.05) is 26.1 Å². The van der Waals surface area contributed by atoms with Gasteiger partial charge in [-0.25, -0.2) is 9.59 Å². The molecular formula is C20H21N3O6. The van der Waals surface area contributed by atoms with Crippen LogP contribution in [0.1, 0.15) is 24.0 Å². The molecule has 1 aromatic carbocycles. The molecule has 0 amide bonds. The van der Waals surface area contributed by atoms with Crippen LogP contribution in [-0.4, -0.2) is 36.8 Å². The number of allylic oxidation sites excluding steroid dienone is 1. The number of esters is 1. The second-order valence-electron chi connectivity index (χ2n) is 6.30. The fourth-order valence-electron chi connectivity index (χ4n) is 3.33. The molecule has 152 valence electrons. The highest BCUT2D eigenvalue weighted by molar-refractivity contribution is 5.94. The SMILES string of the molecule is C=CCOC(=O)C1=C(C)Nc2[nH]c(=O)[nH]c(=O)c2C1c1ccc(OC)c(OC)c1. The fourth-order valence-corrected chi connectivity index (χ4v) is 3.33. The van der Waals surface area contributed by atoms with Crippen molar-refractivity contribution in [2.24, 2.45) is 0 Å². The zero-order chi connectivity index (χ0) is 21.1. The first kappa shape index (κ1) is 20.0. The Kier molecular flexibility index (Phi) is 5.58. The van der Waals surface area contributed by atoms with Crippen molar-refractivity contribution < 1.29 is 19.0 Å². The van der Waals surface area contributed by atoms with E-state index in [1.807, 2.05) is 0 Å². The van der Waals surface area contributed by atoms with Crippen LogP contribution in [0.25, 0.3) is 0 Å². The van der Waals surface area contributed by atoms with Crippen LogP contribution in [-0.2, 0) is 9.53 Å². The van der Waals surface area contributed by atoms with Gasteiger partial charge in [0.05, 0.1) is 31.3 Å². The molecule has 1 unspecified atom stereocenters. The Balaban J connectivity index is 2.26. The Hall–Kier alpha value is -3.75. The number of aromatic amines is 2. The van der Waals surface area contributed by atoms with E-state index >= 15 is 0 Å². The molecule has 2 heterocycles. The molecule has 3 rings (SSSR count). The highest BCUT2D eigenvalue weighted by atomic mass is 16.5. The van der Waals surface area contributed by atoms with E-state index in [0.29, 0.717) is 22.8 Å². The van der Waals surface area contributed by atoms with Gasteiger partial charge < -0.3 is 19.5 Å². The molecule has 9 heteroatoms. The normalized spacial score (nSPS) is 15.2. The molecule has 0 saturated heterocycles. The number of H-pyrrole nitrogens is 2. The van der Waals surface area contributed by atoms with E-state index in [1.165, 1.54) is 20.3 Å². The molecule has 0 bridgehead atoms. The summed E-state index contributed by atoms with van der Waals surface area (Å²) in [4.78, 5) is 42.0. The molecule has 3 N–H and O–H groups in total. The van der Waals surface area contributed by atoms with E-state index in [2.05, 4.69) is 21.9 Å². The number of rotatable bonds is 6. The first-order valence-electron chi connectivity index (χ1n) is 8.75. The largest absolute Gasteiger partial charge is 0.493 e. The number of hydrogen-bond acceptors (Lipinski definition) is 7. The molecule has 2 aromatic rings. The lowest BCUT2D eigenvalue weighted by atomic mass is 9.82. The Morgan fingerprint density at radius 3 is 2.55 bits per heavy atom. The van der Waals surface area contributed by atoms with Gasteiger partial charge in [-0.1, -0.05) is 18.7 Å². The summed E-state index contributed by atoms with van der Waals surface area (Å²) in [7, 11) is 3.00. The average Bonchev–Trinajstić information content (AvgIpc) is 2.70. The minimum Gasteiger partial charge on any atom is -0.493 e. The molecule has 9 nitrogen and oxygen atoms in total. The number of fused-ring (bicyclic) bond motifs is 1. The van der Waals surface area contributed by atoms with Crippen LogP contribution in [0.2, 0.25) is 0 Å². The van der Waals surface area contributed by atoms with Gasteiger partial charge in [-0.2, -0.15) is 0 Å². The van der Waals surface area contributed by atoms with Gasteiger partial charge in [0.2, 0.25) is 0 Å². The van der Waals surface area contributed by atoms with Gasteiger partial charge in [0.15, 0.2) is 11.5 Å². The van der Waals surface area contributed by atoms with Gasteiger partial charge in [0, 0.05) is 5.70 Å². The molecule has 0 saturated carbocycles. The summed E-state index contributed by atoms with van der Waals surface area (Å²) < 4.78 is 15.9. The predicted octanol–water partition coefficient (Wildman–Crippen LogP) is 1.64. The summed E-state index contributed by atoms with van der Waals surface area (Å²) in [5.74, 6) is -0.258. The van der Waals surface area contributed by atoms with Crippen molar-refractivity contribution >= 4 is 11.8 Å². The third-order valence-corrected chi connectivity index (χ3v) is 4.57. The lowest BCUT2D eigenvalue weighted by Crippen LogP contribution is -2.35. The Morgan fingerprint density at radius 1 is 1.17 bits per heavy atom. The second kappa shape index (κ2) is 8.09. The average molecular weight is 399 g/mol. The molecule has 1 aliphatic rings. The van der Waals surface area contributed by atoms with Crippen LogP contribution in [0.3, 0.4) is 0 Å². The number of carbonyl (C=O) groups is 1. The minimum absolute atomic E-state index is 0.0170. The van der Waals surface area contributed by atoms with Gasteiger partial charge in [-0.15, -0.1) is 0 Å². The second-order valence-corrected chi connectivity index (χ2v) is 6.30. The topological polar surface area (TPSA) is 123 Å². The van der Waals surface area contributed by atoms with Crippen LogP contribution in [0.4, 0.5) is 5.82 Å². The van der Waals surface area contributed by atoms with Crippen molar-refractivity contribution in [1.82, 2.24) is 9.97 Å². The Morgan fingerprint density at radius 2 is 1.90 bits per heavy atom. The molecular weight excluding hydrogens is 378 g/mol. The van der Waals surface area contributed by atoms with Gasteiger partial charge >= 0.3 is 11.7 Å². The monoisotopic (exact) mass is 399 g/mol. The zero-order valence-electron chi connectivity index (χ0n) is 16.3. The third-order valence-electron chi connectivity index (χ3n) is 4.57. The van der Waals surface area contributed by atoms with E-state index in [9.17, 15) is 14.4 Å². The van der Waals surface area contributed by atoms with E-state index in [0.717, 1.165) is 0 Å². The molecule has 1 aliphatic heterocycles. The van der Waals surface area contributed by atoms with Gasteiger partial charge in [-0.3, -0.25) is 14.8 Å². The number of benzene rings is 1. The molecule has 29 heavy (non-hydrogen) atoms. The highest BCUT2D eigenvalue weighted by Crippen LogP contribution is 2.41. The van der Waals surface area contributed by atoms with E-state index in [-0.39, 0.29) is 23.6 Å². The number of ether oxygens (including phenoxy) is 3. The number of hydrogen-bond donors (Lipinski definition) is 3. The lowest BCUT2D eigenvalue weighted by molar-refractivity contribution is -0.138. The van der Waals surface area contributed by atoms with Crippen LogP contribution >= 0.6 is 0 Å². The van der Waals surface area contributed by atoms with E-state index in [4.69, 9.17) is 14.2 Å². The quantitative estimate of drug-likeness (QED) is 0.498. The number of carbonyl (C=O) groups excluding carboxylic acids is 1. The minimum atomic E-state index is -0.802. The van der Waals surface area contributed by atoms with Crippen molar-refractivity contribution in [3.05, 3.63) is 74.1 Å². The summed E-state index contributed by atoms with van der Waals surface area (Å²) in [6.45, 7) is 5.23. The van der Waals surface area contributed by atoms with E-state index < -0.39 is 23.1 Å². The van der Waals surface area contributed by atoms with Crippen LogP contribution in [0, 0.1) is 0 Å². The van der Waals surface area contributed by atoms with E-state index in [1.54, 1.807) is 25.1 Å². The maximum atomic E-state index is 12.8. The maximum absolute atomic E-state index is 12.8. The van der Waals surface area contributed by atoms with Gasteiger partial charge in [0.25, 0.3) is 5.56 Å². The van der Waals surface area contributed by atoms with Crippen molar-refractivity contribution in [3.8, 4) is 11.5 Å². The fraction of sp³-hybridized carbons (Fsp3) is 0.250. The highest BCUT2D eigenvalue weighted by Gasteiger charge is 2.36. The van der Waals surface area contributed by atoms with Crippen molar-refractivity contribution in [1.29, 1.82) is 0 Å². The molecule has 0 aliphatic carbocycles. The summed E-state index contributed by atoms with van der Waals surface area (Å²) in [5, 5.41) is 2.92. The lowest BCUT2D eigenvalue weighted by Gasteiger charge is -2.29. The maximum Gasteiger partial charge on any atom is 0.337 e. The smallest absolute Gasteiger partial charge is 0.337 e. The van der Waals surface area contributed by atoms with Crippen molar-refractivity contribution in [3.63, 3.8) is 0 Å². The molecule has 0 fully saturated rings. The first-order chi connectivity index (χ1) is 13.9. The third kappa shape index (κ3) is 3.66. The number of anilines is 1. The van der Waals surface area contributed by atoms with Gasteiger partial charge in [0.1, 0.15) is 12.4 Å². The van der Waals surface area contributed by atoms with Crippen LogP contribution < -0.4 is 26.0 Å². The summed E-state index contributed by atoms with van der Waals surface area (Å²) in [5.41, 5.74) is 0.202. The first-order valence-corrected chi connectivity index (χ1v) is 8.75. The van der Waals surface area contributed by atoms with Crippen LogP contribution in [0.5, 0.6) is 11.5 Å². The van der Waals surface area contributed by atoms with Crippen molar-refractivity contribution in [2.45, 2.75) is 12.8 Å². The Bertz CT molecular complexity index is 1110. The standard InChI is InChI=1S/C20H21N3O6/c1-5-8-29-19(25)14-10(2)21-17-16(18(24)23-20(26)22-17)15(14)11-6-7-12(27-3)13(9-11)28-4/h5-7,9,15H,1,8H2,2-4H3,(H3,21,22,23,24,26). The molecule has 0 spiro atoms. The molecule has 1 aromatic heterocycles. The number of methoxy groups -OCH3 is 2. The van der Waals surface area contributed by atoms with Gasteiger partial charge in [-0.05, 0) is 24.6 Å². The molecule has 0 radical (unpaired) electrons. The summed E-state index contributed by atoms with van der Waals surface area (Å²) in [6, 6.07) is 5.08. The number of aromatic nitrogens is 2. The Labute approximate surface area is 166 Å². The predicted molar refractivity (Wildman–Crippen MR) is 107 cm³/mol. The number of nitrogens with one attached hydrogen (secondary N) is 3. The summed E-state index contributed by atoms with van der Waals surface area (Å²) in [6.07, 6.45) is 1.45. The molecule has 1 atom stereocenters. The van der Waals surface area contributed by atoms with Crippen LogP contribution in [0.15, 0.2) is 51.7 Å². The zero-order valence-corrected chi connectivity index (χ0v) is 16.3.